The van der Waals surface area contributed by atoms with Crippen LogP contribution < -0.4 is 5.32 Å². The standard InChI is InChI=1S/C16H27N3/c1-17-12-16(14-8-5-4-6-9-14)19-11-7-10-15(19)13-18(2)3/h4-6,8-9,15-17H,7,10-13H2,1-3H3. The van der Waals surface area contributed by atoms with Crippen molar-refractivity contribution in [2.24, 2.45) is 0 Å². The van der Waals surface area contributed by atoms with Gasteiger partial charge in [0, 0.05) is 25.2 Å². The van der Waals surface area contributed by atoms with Crippen LogP contribution in [-0.4, -0.2) is 56.6 Å². The molecule has 1 aliphatic heterocycles. The third-order valence-corrected chi connectivity index (χ3v) is 3.98. The second kappa shape index (κ2) is 7.04. The smallest absolute Gasteiger partial charge is 0.0476 e. The molecule has 19 heavy (non-hydrogen) atoms. The molecule has 2 atom stereocenters. The minimum Gasteiger partial charge on any atom is -0.318 e. The number of hydrogen-bond donors (Lipinski definition) is 1. The van der Waals surface area contributed by atoms with Gasteiger partial charge in [0.25, 0.3) is 0 Å². The molecule has 0 aromatic heterocycles. The van der Waals surface area contributed by atoms with Crippen LogP contribution in [0, 0.1) is 0 Å². The van der Waals surface area contributed by atoms with Crippen molar-refractivity contribution < 1.29 is 0 Å². The number of likely N-dealkylation sites (tertiary alicyclic amines) is 1. The van der Waals surface area contributed by atoms with Gasteiger partial charge in [-0.3, -0.25) is 4.90 Å². The molecular weight excluding hydrogens is 234 g/mol. The molecule has 1 heterocycles. The average molecular weight is 261 g/mol. The molecule has 1 N–H and O–H groups in total. The summed E-state index contributed by atoms with van der Waals surface area (Å²) >= 11 is 0. The van der Waals surface area contributed by atoms with E-state index in [0.29, 0.717) is 12.1 Å². The second-order valence-corrected chi connectivity index (χ2v) is 5.78. The number of benzene rings is 1. The Morgan fingerprint density at radius 2 is 2.05 bits per heavy atom. The first-order valence-electron chi connectivity index (χ1n) is 7.32. The first-order chi connectivity index (χ1) is 9.22. The lowest BCUT2D eigenvalue weighted by Gasteiger charge is -2.34. The number of hydrogen-bond acceptors (Lipinski definition) is 3. The molecule has 1 fully saturated rings. The summed E-state index contributed by atoms with van der Waals surface area (Å²) in [4.78, 5) is 5.00. The highest BCUT2D eigenvalue weighted by Gasteiger charge is 2.31. The maximum absolute atomic E-state index is 3.36. The molecule has 1 aliphatic rings. The van der Waals surface area contributed by atoms with Crippen molar-refractivity contribution in [1.29, 1.82) is 0 Å². The van der Waals surface area contributed by atoms with Crippen LogP contribution in [0.5, 0.6) is 0 Å². The van der Waals surface area contributed by atoms with Crippen molar-refractivity contribution in [3.8, 4) is 0 Å². The molecule has 0 radical (unpaired) electrons. The monoisotopic (exact) mass is 261 g/mol. The van der Waals surface area contributed by atoms with Crippen LogP contribution in [-0.2, 0) is 0 Å². The zero-order chi connectivity index (χ0) is 13.7. The largest absolute Gasteiger partial charge is 0.318 e. The summed E-state index contributed by atoms with van der Waals surface area (Å²) in [5.74, 6) is 0. The van der Waals surface area contributed by atoms with E-state index in [1.807, 2.05) is 7.05 Å². The van der Waals surface area contributed by atoms with E-state index in [1.54, 1.807) is 0 Å². The van der Waals surface area contributed by atoms with Gasteiger partial charge in [0.15, 0.2) is 0 Å². The fourth-order valence-corrected chi connectivity index (χ4v) is 3.18. The van der Waals surface area contributed by atoms with E-state index >= 15 is 0 Å². The molecule has 0 amide bonds. The first kappa shape index (κ1) is 14.5. The van der Waals surface area contributed by atoms with Gasteiger partial charge in [0.1, 0.15) is 0 Å². The molecule has 0 saturated carbocycles. The summed E-state index contributed by atoms with van der Waals surface area (Å²) in [6.07, 6.45) is 2.65. The summed E-state index contributed by atoms with van der Waals surface area (Å²) in [6, 6.07) is 12.1. The topological polar surface area (TPSA) is 18.5 Å². The molecule has 1 saturated heterocycles. The first-order valence-corrected chi connectivity index (χ1v) is 7.32. The predicted molar refractivity (Wildman–Crippen MR) is 81.4 cm³/mol. The normalized spacial score (nSPS) is 22.0. The fraction of sp³-hybridized carbons (Fsp3) is 0.625. The van der Waals surface area contributed by atoms with Crippen LogP contribution >= 0.6 is 0 Å². The van der Waals surface area contributed by atoms with Crippen LogP contribution in [0.15, 0.2) is 30.3 Å². The lowest BCUT2D eigenvalue weighted by atomic mass is 10.0. The molecule has 2 unspecified atom stereocenters. The summed E-state index contributed by atoms with van der Waals surface area (Å²) < 4.78 is 0. The fourth-order valence-electron chi connectivity index (χ4n) is 3.18. The Morgan fingerprint density at radius 3 is 2.68 bits per heavy atom. The third kappa shape index (κ3) is 3.78. The van der Waals surface area contributed by atoms with Gasteiger partial charge in [-0.25, -0.2) is 0 Å². The molecule has 2 rings (SSSR count). The molecule has 3 nitrogen and oxygen atoms in total. The zero-order valence-corrected chi connectivity index (χ0v) is 12.5. The highest BCUT2D eigenvalue weighted by atomic mass is 15.2. The summed E-state index contributed by atoms with van der Waals surface area (Å²) in [5.41, 5.74) is 1.43. The number of nitrogens with zero attached hydrogens (tertiary/aromatic N) is 2. The summed E-state index contributed by atoms with van der Waals surface area (Å²) in [5, 5.41) is 3.36. The molecule has 0 spiro atoms. The Bertz CT molecular complexity index is 364. The molecule has 1 aromatic rings. The molecule has 0 bridgehead atoms. The van der Waals surface area contributed by atoms with Crippen LogP contribution in [0.3, 0.4) is 0 Å². The van der Waals surface area contributed by atoms with Crippen molar-refractivity contribution in [2.45, 2.75) is 24.9 Å². The Kier molecular flexibility index (Phi) is 5.37. The van der Waals surface area contributed by atoms with E-state index in [0.717, 1.165) is 13.1 Å². The summed E-state index contributed by atoms with van der Waals surface area (Å²) in [7, 11) is 6.39. The number of nitrogens with one attached hydrogen (secondary N) is 1. The Labute approximate surface area is 117 Å². The van der Waals surface area contributed by atoms with E-state index in [2.05, 4.69) is 59.5 Å². The van der Waals surface area contributed by atoms with Gasteiger partial charge in [-0.05, 0) is 46.1 Å². The predicted octanol–water partition coefficient (Wildman–Crippen LogP) is 1.97. The minimum absolute atomic E-state index is 0.499. The quantitative estimate of drug-likeness (QED) is 0.844. The van der Waals surface area contributed by atoms with Gasteiger partial charge in [0.05, 0.1) is 0 Å². The van der Waals surface area contributed by atoms with E-state index in [1.165, 1.54) is 24.9 Å². The maximum Gasteiger partial charge on any atom is 0.0476 e. The van der Waals surface area contributed by atoms with Gasteiger partial charge in [-0.2, -0.15) is 0 Å². The van der Waals surface area contributed by atoms with E-state index in [4.69, 9.17) is 0 Å². The van der Waals surface area contributed by atoms with Crippen LogP contribution in [0.1, 0.15) is 24.4 Å². The van der Waals surface area contributed by atoms with Crippen LogP contribution in [0.25, 0.3) is 0 Å². The minimum atomic E-state index is 0.499. The molecule has 106 valence electrons. The van der Waals surface area contributed by atoms with E-state index in [-0.39, 0.29) is 0 Å². The summed E-state index contributed by atoms with van der Waals surface area (Å²) in [6.45, 7) is 3.40. The van der Waals surface area contributed by atoms with Gasteiger partial charge in [0.2, 0.25) is 0 Å². The number of rotatable bonds is 6. The SMILES string of the molecule is CNCC(c1ccccc1)N1CCCC1CN(C)C. The maximum atomic E-state index is 3.36. The zero-order valence-electron chi connectivity index (χ0n) is 12.5. The van der Waals surface area contributed by atoms with Gasteiger partial charge >= 0.3 is 0 Å². The lowest BCUT2D eigenvalue weighted by Crippen LogP contribution is -2.42. The molecule has 3 heteroatoms. The number of likely N-dealkylation sites (N-methyl/N-ethyl adjacent to an activating group) is 2. The Balaban J connectivity index is 2.14. The Hall–Kier alpha value is -0.900. The molecular formula is C16H27N3. The van der Waals surface area contributed by atoms with Crippen molar-refractivity contribution in [2.75, 3.05) is 40.8 Å². The molecule has 0 aliphatic carbocycles. The Morgan fingerprint density at radius 1 is 1.32 bits per heavy atom. The average Bonchev–Trinajstić information content (AvgIpc) is 2.84. The van der Waals surface area contributed by atoms with Crippen molar-refractivity contribution in [3.63, 3.8) is 0 Å². The van der Waals surface area contributed by atoms with Crippen molar-refractivity contribution in [3.05, 3.63) is 35.9 Å². The third-order valence-electron chi connectivity index (χ3n) is 3.98. The highest BCUT2D eigenvalue weighted by molar-refractivity contribution is 5.20. The van der Waals surface area contributed by atoms with Crippen molar-refractivity contribution >= 4 is 0 Å². The molecule has 1 aromatic carbocycles. The lowest BCUT2D eigenvalue weighted by molar-refractivity contribution is 0.151. The van der Waals surface area contributed by atoms with E-state index in [9.17, 15) is 0 Å². The van der Waals surface area contributed by atoms with Gasteiger partial charge in [-0.1, -0.05) is 30.3 Å². The van der Waals surface area contributed by atoms with Gasteiger partial charge in [-0.15, -0.1) is 0 Å². The van der Waals surface area contributed by atoms with Crippen molar-refractivity contribution in [1.82, 2.24) is 15.1 Å². The van der Waals surface area contributed by atoms with E-state index < -0.39 is 0 Å². The van der Waals surface area contributed by atoms with Crippen LogP contribution in [0.4, 0.5) is 0 Å². The second-order valence-electron chi connectivity index (χ2n) is 5.78. The van der Waals surface area contributed by atoms with Crippen LogP contribution in [0.2, 0.25) is 0 Å². The van der Waals surface area contributed by atoms with Gasteiger partial charge < -0.3 is 10.2 Å². The highest BCUT2D eigenvalue weighted by Crippen LogP contribution is 2.29.